The Morgan fingerprint density at radius 2 is 1.94 bits per heavy atom. The Kier molecular flexibility index (Phi) is 3.60. The van der Waals surface area contributed by atoms with Crippen molar-refractivity contribution >= 4 is 0 Å². The first-order valence-electron chi connectivity index (χ1n) is 7.00. The fraction of sp³-hybridized carbons (Fsp3) is 1.00. The second kappa shape index (κ2) is 4.66. The molecular weight excluding hydrogens is 196 g/mol. The third-order valence-corrected chi connectivity index (χ3v) is 4.43. The molecule has 2 atom stereocenters. The second-order valence-corrected chi connectivity index (χ2v) is 6.67. The Bertz CT molecular complexity index is 233. The van der Waals surface area contributed by atoms with E-state index in [4.69, 9.17) is 0 Å². The van der Waals surface area contributed by atoms with Crippen LogP contribution >= 0.6 is 0 Å². The van der Waals surface area contributed by atoms with E-state index in [9.17, 15) is 0 Å². The molecule has 0 aromatic carbocycles. The summed E-state index contributed by atoms with van der Waals surface area (Å²) in [4.78, 5) is 2.80. The van der Waals surface area contributed by atoms with E-state index in [1.54, 1.807) is 0 Å². The van der Waals surface area contributed by atoms with Crippen LogP contribution < -0.4 is 5.32 Å². The van der Waals surface area contributed by atoms with Gasteiger partial charge in [0, 0.05) is 25.2 Å². The highest BCUT2D eigenvalue weighted by molar-refractivity contribution is 4.97. The van der Waals surface area contributed by atoms with Crippen LogP contribution in [0.3, 0.4) is 0 Å². The lowest BCUT2D eigenvalue weighted by molar-refractivity contribution is 0.0748. The summed E-state index contributed by atoms with van der Waals surface area (Å²) in [7, 11) is 0. The van der Waals surface area contributed by atoms with E-state index >= 15 is 0 Å². The number of hydrogen-bond acceptors (Lipinski definition) is 2. The summed E-state index contributed by atoms with van der Waals surface area (Å²) in [6.45, 7) is 13.3. The Labute approximate surface area is 101 Å². The number of nitrogens with zero attached hydrogens (tertiary/aromatic N) is 1. The molecule has 2 rings (SSSR count). The summed E-state index contributed by atoms with van der Waals surface area (Å²) >= 11 is 0. The highest BCUT2D eigenvalue weighted by atomic mass is 15.3. The highest BCUT2D eigenvalue weighted by Gasteiger charge is 2.42. The zero-order valence-corrected chi connectivity index (χ0v) is 11.4. The highest BCUT2D eigenvalue weighted by Crippen LogP contribution is 2.43. The van der Waals surface area contributed by atoms with E-state index in [1.807, 2.05) is 0 Å². The molecule has 2 aliphatic rings. The molecule has 0 aromatic rings. The largest absolute Gasteiger partial charge is 0.314 e. The van der Waals surface area contributed by atoms with Crippen LogP contribution in [0.5, 0.6) is 0 Å². The lowest BCUT2D eigenvalue weighted by atomic mass is 9.91. The van der Waals surface area contributed by atoms with Crippen molar-refractivity contribution in [3.05, 3.63) is 0 Å². The van der Waals surface area contributed by atoms with Crippen LogP contribution in [0.1, 0.15) is 47.0 Å². The van der Waals surface area contributed by atoms with Crippen molar-refractivity contribution in [1.29, 1.82) is 0 Å². The Balaban J connectivity index is 2.02. The van der Waals surface area contributed by atoms with Gasteiger partial charge in [0.25, 0.3) is 0 Å². The summed E-state index contributed by atoms with van der Waals surface area (Å²) in [5, 5.41) is 3.42. The molecule has 94 valence electrons. The van der Waals surface area contributed by atoms with Crippen molar-refractivity contribution in [2.45, 2.75) is 59.0 Å². The van der Waals surface area contributed by atoms with Crippen molar-refractivity contribution < 1.29 is 0 Å². The average molecular weight is 224 g/mol. The van der Waals surface area contributed by atoms with E-state index in [0.29, 0.717) is 5.41 Å². The van der Waals surface area contributed by atoms with E-state index in [-0.39, 0.29) is 0 Å². The number of nitrogens with one attached hydrogen (secondary N) is 1. The molecule has 2 unspecified atom stereocenters. The van der Waals surface area contributed by atoms with Gasteiger partial charge in [-0.05, 0) is 37.1 Å². The molecular formula is C14H28N2. The van der Waals surface area contributed by atoms with Crippen LogP contribution in [0.25, 0.3) is 0 Å². The minimum atomic E-state index is 0.563. The number of rotatable bonds is 4. The Morgan fingerprint density at radius 3 is 2.31 bits per heavy atom. The molecule has 0 radical (unpaired) electrons. The van der Waals surface area contributed by atoms with Gasteiger partial charge in [0.1, 0.15) is 0 Å². The van der Waals surface area contributed by atoms with Crippen molar-refractivity contribution in [1.82, 2.24) is 10.2 Å². The van der Waals surface area contributed by atoms with Gasteiger partial charge in [-0.2, -0.15) is 0 Å². The molecule has 1 saturated heterocycles. The third-order valence-electron chi connectivity index (χ3n) is 4.43. The molecule has 1 aliphatic heterocycles. The first kappa shape index (κ1) is 12.4. The second-order valence-electron chi connectivity index (χ2n) is 6.67. The first-order valence-corrected chi connectivity index (χ1v) is 7.00. The summed E-state index contributed by atoms with van der Waals surface area (Å²) in [5.74, 6) is 0.877. The zero-order valence-electron chi connectivity index (χ0n) is 11.4. The minimum Gasteiger partial charge on any atom is -0.314 e. The summed E-state index contributed by atoms with van der Waals surface area (Å²) < 4.78 is 0. The molecule has 0 spiro atoms. The van der Waals surface area contributed by atoms with E-state index in [1.165, 1.54) is 38.9 Å². The molecule has 16 heavy (non-hydrogen) atoms. The smallest absolute Gasteiger partial charge is 0.0348 e. The topological polar surface area (TPSA) is 15.3 Å². The quantitative estimate of drug-likeness (QED) is 0.789. The summed E-state index contributed by atoms with van der Waals surface area (Å²) in [6.07, 6.45) is 4.09. The maximum Gasteiger partial charge on any atom is 0.0348 e. The van der Waals surface area contributed by atoms with Gasteiger partial charge in [0.15, 0.2) is 0 Å². The number of hydrogen-bond donors (Lipinski definition) is 1. The van der Waals surface area contributed by atoms with Gasteiger partial charge in [-0.1, -0.05) is 27.7 Å². The summed E-state index contributed by atoms with van der Waals surface area (Å²) in [6, 6.07) is 1.66. The molecule has 1 N–H and O–H groups in total. The molecule has 0 bridgehead atoms. The fourth-order valence-electron chi connectivity index (χ4n) is 3.69. The van der Waals surface area contributed by atoms with Crippen molar-refractivity contribution in [3.63, 3.8) is 0 Å². The molecule has 2 fully saturated rings. The molecule has 1 heterocycles. The van der Waals surface area contributed by atoms with Gasteiger partial charge < -0.3 is 5.32 Å². The van der Waals surface area contributed by atoms with Crippen molar-refractivity contribution in [2.75, 3.05) is 19.6 Å². The van der Waals surface area contributed by atoms with Crippen molar-refractivity contribution in [2.24, 2.45) is 11.3 Å². The van der Waals surface area contributed by atoms with Crippen molar-refractivity contribution in [3.8, 4) is 0 Å². The lowest BCUT2D eigenvalue weighted by Gasteiger charge is -2.43. The van der Waals surface area contributed by atoms with Gasteiger partial charge in [0.05, 0.1) is 0 Å². The van der Waals surface area contributed by atoms with Gasteiger partial charge in [-0.3, -0.25) is 4.90 Å². The molecule has 1 aliphatic carbocycles. The van der Waals surface area contributed by atoms with Gasteiger partial charge in [0.2, 0.25) is 0 Å². The fourth-order valence-corrected chi connectivity index (χ4v) is 3.69. The van der Waals surface area contributed by atoms with Crippen LogP contribution in [0.4, 0.5) is 0 Å². The van der Waals surface area contributed by atoms with Crippen LogP contribution in [0.2, 0.25) is 0 Å². The Morgan fingerprint density at radius 1 is 1.25 bits per heavy atom. The molecule has 1 saturated carbocycles. The van der Waals surface area contributed by atoms with E-state index in [2.05, 4.69) is 37.9 Å². The van der Waals surface area contributed by atoms with Gasteiger partial charge >= 0.3 is 0 Å². The molecule has 0 amide bonds. The normalized spacial score (nSPS) is 34.3. The van der Waals surface area contributed by atoms with Crippen LogP contribution in [-0.2, 0) is 0 Å². The van der Waals surface area contributed by atoms with Gasteiger partial charge in [-0.15, -0.1) is 0 Å². The predicted octanol–water partition coefficient (Wildman–Crippen LogP) is 2.49. The molecule has 2 heteroatoms. The first-order chi connectivity index (χ1) is 7.53. The minimum absolute atomic E-state index is 0.563. The maximum absolute atomic E-state index is 3.42. The molecule has 0 aromatic heterocycles. The van der Waals surface area contributed by atoms with Crippen LogP contribution in [0, 0.1) is 11.3 Å². The molecule has 2 nitrogen and oxygen atoms in total. The third kappa shape index (κ3) is 2.43. The lowest BCUT2D eigenvalue weighted by Crippen LogP contribution is -2.60. The maximum atomic E-state index is 3.42. The van der Waals surface area contributed by atoms with E-state index < -0.39 is 0 Å². The van der Waals surface area contributed by atoms with Gasteiger partial charge in [-0.25, -0.2) is 0 Å². The zero-order chi connectivity index (χ0) is 11.8. The Hall–Kier alpha value is -0.0800. The standard InChI is InChI=1S/C14H28N2/c1-5-6-16(12-9-15-10-12)13-8-14(3,4)7-11(13)2/h11-13,15H,5-10H2,1-4H3. The SMILES string of the molecule is CCCN(C1CNC1)C1CC(C)(C)CC1C. The van der Waals surface area contributed by atoms with E-state index in [0.717, 1.165) is 18.0 Å². The van der Waals surface area contributed by atoms with Crippen LogP contribution in [-0.4, -0.2) is 36.6 Å². The monoisotopic (exact) mass is 224 g/mol. The summed E-state index contributed by atoms with van der Waals surface area (Å²) in [5.41, 5.74) is 0.563. The van der Waals surface area contributed by atoms with Crippen LogP contribution in [0.15, 0.2) is 0 Å². The average Bonchev–Trinajstić information content (AvgIpc) is 2.36. The predicted molar refractivity (Wildman–Crippen MR) is 69.6 cm³/mol.